The molecule has 1 unspecified atom stereocenters. The van der Waals surface area contributed by atoms with Crippen molar-refractivity contribution in [2.45, 2.75) is 33.4 Å². The van der Waals surface area contributed by atoms with Crippen LogP contribution >= 0.6 is 0 Å². The second-order valence-corrected chi connectivity index (χ2v) is 6.40. The predicted molar refractivity (Wildman–Crippen MR) is 96.6 cm³/mol. The van der Waals surface area contributed by atoms with Crippen LogP contribution < -0.4 is 15.0 Å². The molecular formula is C20H22N2O3. The average molecular weight is 338 g/mol. The quantitative estimate of drug-likeness (QED) is 0.932. The van der Waals surface area contributed by atoms with Gasteiger partial charge >= 0.3 is 0 Å². The number of fused-ring (bicyclic) bond motifs is 1. The summed E-state index contributed by atoms with van der Waals surface area (Å²) < 4.78 is 5.47. The zero-order chi connectivity index (χ0) is 18.0. The lowest BCUT2D eigenvalue weighted by molar-refractivity contribution is -0.127. The van der Waals surface area contributed by atoms with Crippen LogP contribution in [-0.4, -0.2) is 24.5 Å². The Balaban J connectivity index is 1.74. The molecule has 2 amide bonds. The van der Waals surface area contributed by atoms with Gasteiger partial charge in [0.15, 0.2) is 6.61 Å². The van der Waals surface area contributed by atoms with Gasteiger partial charge in [-0.2, -0.15) is 0 Å². The summed E-state index contributed by atoms with van der Waals surface area (Å²) >= 11 is 0. The van der Waals surface area contributed by atoms with Crippen molar-refractivity contribution in [3.05, 3.63) is 59.2 Å². The van der Waals surface area contributed by atoms with Crippen molar-refractivity contribution < 1.29 is 14.3 Å². The number of carbonyl (C=O) groups is 2. The van der Waals surface area contributed by atoms with Gasteiger partial charge in [-0.15, -0.1) is 0 Å². The molecule has 1 atom stereocenters. The Morgan fingerprint density at radius 3 is 2.56 bits per heavy atom. The monoisotopic (exact) mass is 338 g/mol. The van der Waals surface area contributed by atoms with Gasteiger partial charge in [-0.25, -0.2) is 0 Å². The molecule has 3 rings (SSSR count). The van der Waals surface area contributed by atoms with Crippen LogP contribution in [0, 0.1) is 13.8 Å². The maximum absolute atomic E-state index is 12.6. The van der Waals surface area contributed by atoms with E-state index in [1.807, 2.05) is 56.3 Å². The molecule has 0 fully saturated rings. The summed E-state index contributed by atoms with van der Waals surface area (Å²) in [4.78, 5) is 26.4. The zero-order valence-corrected chi connectivity index (χ0v) is 14.7. The first-order valence-electron chi connectivity index (χ1n) is 8.34. The highest BCUT2D eigenvalue weighted by Crippen LogP contribution is 2.34. The Morgan fingerprint density at radius 2 is 1.84 bits per heavy atom. The number of nitrogens with zero attached hydrogens (tertiary/aromatic N) is 1. The first-order valence-corrected chi connectivity index (χ1v) is 8.34. The SMILES string of the molecule is Cc1ccc(CNC(=O)C(C)N2C(=O)COc3ccc(C)cc32)cc1. The third-order valence-corrected chi connectivity index (χ3v) is 4.35. The third kappa shape index (κ3) is 3.65. The number of ether oxygens (including phenoxy) is 1. The topological polar surface area (TPSA) is 58.6 Å². The second-order valence-electron chi connectivity index (χ2n) is 6.40. The molecule has 1 heterocycles. The molecule has 25 heavy (non-hydrogen) atoms. The molecule has 130 valence electrons. The predicted octanol–water partition coefficient (Wildman–Crippen LogP) is 2.73. The Kier molecular flexibility index (Phi) is 4.74. The van der Waals surface area contributed by atoms with E-state index in [9.17, 15) is 9.59 Å². The first-order chi connectivity index (χ1) is 12.0. The van der Waals surface area contributed by atoms with Crippen LogP contribution in [0.3, 0.4) is 0 Å². The summed E-state index contributed by atoms with van der Waals surface area (Å²) in [6.07, 6.45) is 0. The standard InChI is InChI=1S/C20H22N2O3/c1-13-4-7-16(8-5-13)11-21-20(24)15(3)22-17-10-14(2)6-9-18(17)25-12-19(22)23/h4-10,15H,11-12H2,1-3H3,(H,21,24). The molecule has 0 aliphatic carbocycles. The Morgan fingerprint density at radius 1 is 1.16 bits per heavy atom. The van der Waals surface area contributed by atoms with Gasteiger partial charge in [-0.3, -0.25) is 14.5 Å². The van der Waals surface area contributed by atoms with E-state index in [0.717, 1.165) is 11.1 Å². The largest absolute Gasteiger partial charge is 0.482 e. The summed E-state index contributed by atoms with van der Waals surface area (Å²) in [6.45, 7) is 6.09. The van der Waals surface area contributed by atoms with Gasteiger partial charge < -0.3 is 10.1 Å². The molecule has 0 aromatic heterocycles. The number of anilines is 1. The zero-order valence-electron chi connectivity index (χ0n) is 14.7. The number of carbonyl (C=O) groups excluding carboxylic acids is 2. The minimum atomic E-state index is -0.609. The van der Waals surface area contributed by atoms with Crippen molar-refractivity contribution in [2.24, 2.45) is 0 Å². The lowest BCUT2D eigenvalue weighted by Crippen LogP contribution is -2.51. The lowest BCUT2D eigenvalue weighted by Gasteiger charge is -2.33. The fourth-order valence-electron chi connectivity index (χ4n) is 2.87. The number of aryl methyl sites for hydroxylation is 2. The number of amides is 2. The van der Waals surface area contributed by atoms with Gasteiger partial charge in [0, 0.05) is 6.54 Å². The van der Waals surface area contributed by atoms with Crippen molar-refractivity contribution >= 4 is 17.5 Å². The third-order valence-electron chi connectivity index (χ3n) is 4.35. The van der Waals surface area contributed by atoms with Gasteiger partial charge in [0.1, 0.15) is 11.8 Å². The molecular weight excluding hydrogens is 316 g/mol. The van der Waals surface area contributed by atoms with E-state index in [4.69, 9.17) is 4.74 Å². The highest BCUT2D eigenvalue weighted by Gasteiger charge is 2.33. The molecule has 0 saturated carbocycles. The maximum Gasteiger partial charge on any atom is 0.265 e. The van der Waals surface area contributed by atoms with Gasteiger partial charge in [0.2, 0.25) is 5.91 Å². The van der Waals surface area contributed by atoms with E-state index in [2.05, 4.69) is 5.32 Å². The highest BCUT2D eigenvalue weighted by molar-refractivity contribution is 6.03. The van der Waals surface area contributed by atoms with Gasteiger partial charge in [-0.1, -0.05) is 35.9 Å². The molecule has 2 aromatic carbocycles. The first kappa shape index (κ1) is 17.0. The van der Waals surface area contributed by atoms with Crippen LogP contribution in [0.15, 0.2) is 42.5 Å². The van der Waals surface area contributed by atoms with Crippen molar-refractivity contribution in [2.75, 3.05) is 11.5 Å². The van der Waals surface area contributed by atoms with Crippen LogP contribution in [0.2, 0.25) is 0 Å². The van der Waals surface area contributed by atoms with E-state index >= 15 is 0 Å². The Bertz CT molecular complexity index is 799. The minimum Gasteiger partial charge on any atom is -0.482 e. The number of rotatable bonds is 4. The van der Waals surface area contributed by atoms with Gasteiger partial charge in [0.25, 0.3) is 5.91 Å². The minimum absolute atomic E-state index is 0.0500. The van der Waals surface area contributed by atoms with Crippen molar-refractivity contribution in [1.29, 1.82) is 0 Å². The van der Waals surface area contributed by atoms with Crippen molar-refractivity contribution in [3.8, 4) is 5.75 Å². The molecule has 1 aliphatic heterocycles. The maximum atomic E-state index is 12.6. The molecule has 0 bridgehead atoms. The smallest absolute Gasteiger partial charge is 0.265 e. The molecule has 1 aliphatic rings. The summed E-state index contributed by atoms with van der Waals surface area (Å²) in [5.74, 6) is 0.225. The van der Waals surface area contributed by atoms with E-state index in [-0.39, 0.29) is 18.4 Å². The Hall–Kier alpha value is -2.82. The van der Waals surface area contributed by atoms with E-state index in [1.54, 1.807) is 6.92 Å². The van der Waals surface area contributed by atoms with E-state index in [0.29, 0.717) is 18.0 Å². The molecule has 0 radical (unpaired) electrons. The van der Waals surface area contributed by atoms with Crippen LogP contribution in [0.1, 0.15) is 23.6 Å². The number of hydrogen-bond donors (Lipinski definition) is 1. The summed E-state index contributed by atoms with van der Waals surface area (Å²) in [6, 6.07) is 13.0. The lowest BCUT2D eigenvalue weighted by atomic mass is 10.1. The molecule has 2 aromatic rings. The van der Waals surface area contributed by atoms with Crippen LogP contribution in [-0.2, 0) is 16.1 Å². The highest BCUT2D eigenvalue weighted by atomic mass is 16.5. The molecule has 5 nitrogen and oxygen atoms in total. The molecule has 0 spiro atoms. The number of hydrogen-bond acceptors (Lipinski definition) is 3. The molecule has 5 heteroatoms. The average Bonchev–Trinajstić information content (AvgIpc) is 2.60. The number of benzene rings is 2. The van der Waals surface area contributed by atoms with Crippen molar-refractivity contribution in [1.82, 2.24) is 5.32 Å². The normalized spacial score (nSPS) is 14.5. The fourth-order valence-corrected chi connectivity index (χ4v) is 2.87. The van der Waals surface area contributed by atoms with Crippen LogP contribution in [0.5, 0.6) is 5.75 Å². The van der Waals surface area contributed by atoms with E-state index < -0.39 is 6.04 Å². The van der Waals surface area contributed by atoms with Gasteiger partial charge in [0.05, 0.1) is 5.69 Å². The molecule has 1 N–H and O–H groups in total. The summed E-state index contributed by atoms with van der Waals surface area (Å²) in [5, 5.41) is 2.91. The summed E-state index contributed by atoms with van der Waals surface area (Å²) in [7, 11) is 0. The second kappa shape index (κ2) is 6.97. The fraction of sp³-hybridized carbons (Fsp3) is 0.300. The van der Waals surface area contributed by atoms with Gasteiger partial charge in [-0.05, 0) is 44.0 Å². The van der Waals surface area contributed by atoms with Crippen molar-refractivity contribution in [3.63, 3.8) is 0 Å². The van der Waals surface area contributed by atoms with Crippen LogP contribution in [0.4, 0.5) is 5.69 Å². The Labute approximate surface area is 147 Å². The summed E-state index contributed by atoms with van der Waals surface area (Å²) in [5.41, 5.74) is 3.86. The molecule has 0 saturated heterocycles. The van der Waals surface area contributed by atoms with E-state index in [1.165, 1.54) is 10.5 Å². The van der Waals surface area contributed by atoms with Crippen LogP contribution in [0.25, 0.3) is 0 Å². The number of nitrogens with one attached hydrogen (secondary N) is 1.